The fourth-order valence-electron chi connectivity index (χ4n) is 6.67. The number of amides is 3. The Morgan fingerprint density at radius 1 is 1.04 bits per heavy atom. The summed E-state index contributed by atoms with van der Waals surface area (Å²) in [5.41, 5.74) is 0.917. The number of likely N-dealkylation sites (tertiary alicyclic amines) is 1. The lowest BCUT2D eigenvalue weighted by Gasteiger charge is -2.28. The lowest BCUT2D eigenvalue weighted by Crippen LogP contribution is -2.56. The van der Waals surface area contributed by atoms with Crippen molar-refractivity contribution in [3.05, 3.63) is 103 Å². The monoisotopic (exact) mass is 710 g/mol. The Kier molecular flexibility index (Phi) is 9.02. The van der Waals surface area contributed by atoms with E-state index in [1.54, 1.807) is 55.6 Å². The Balaban J connectivity index is 1.20. The third kappa shape index (κ3) is 6.78. The molecule has 1 aliphatic heterocycles. The maximum Gasteiger partial charge on any atom is 0.259 e. The van der Waals surface area contributed by atoms with Crippen molar-refractivity contribution < 1.29 is 37.4 Å². The van der Waals surface area contributed by atoms with E-state index in [4.69, 9.17) is 14.5 Å². The Labute approximate surface area is 295 Å². The third-order valence-corrected chi connectivity index (χ3v) is 11.6. The number of methoxy groups -OCH3 is 1. The van der Waals surface area contributed by atoms with Crippen molar-refractivity contribution in [1.29, 1.82) is 0 Å². The van der Waals surface area contributed by atoms with Gasteiger partial charge in [-0.1, -0.05) is 66.7 Å². The first-order valence-corrected chi connectivity index (χ1v) is 18.3. The van der Waals surface area contributed by atoms with Crippen LogP contribution in [0.1, 0.15) is 37.4 Å². The van der Waals surface area contributed by atoms with Crippen LogP contribution in [0, 0.1) is 5.92 Å². The van der Waals surface area contributed by atoms with Gasteiger partial charge < -0.3 is 24.8 Å². The average Bonchev–Trinajstić information content (AvgIpc) is 4.08. The molecule has 0 radical (unpaired) electrons. The van der Waals surface area contributed by atoms with Crippen molar-refractivity contribution in [3.63, 3.8) is 0 Å². The van der Waals surface area contributed by atoms with Gasteiger partial charge in [-0.25, -0.2) is 13.4 Å². The number of pyridine rings is 1. The van der Waals surface area contributed by atoms with Gasteiger partial charge in [0.1, 0.15) is 29.2 Å². The summed E-state index contributed by atoms with van der Waals surface area (Å²) in [4.78, 5) is 47.6. The molecule has 2 heterocycles. The highest BCUT2D eigenvalue weighted by atomic mass is 32.2. The largest absolute Gasteiger partial charge is 0.497 e. The maximum absolute atomic E-state index is 14.1. The predicted molar refractivity (Wildman–Crippen MR) is 189 cm³/mol. The molecule has 13 heteroatoms. The molecule has 0 unspecified atom stereocenters. The van der Waals surface area contributed by atoms with Gasteiger partial charge in [0.05, 0.1) is 30.1 Å². The Morgan fingerprint density at radius 3 is 2.39 bits per heavy atom. The molecule has 1 aromatic heterocycles. The normalized spacial score (nSPS) is 23.3. The van der Waals surface area contributed by atoms with Gasteiger partial charge in [0.15, 0.2) is 6.10 Å². The first-order chi connectivity index (χ1) is 24.5. The van der Waals surface area contributed by atoms with Crippen LogP contribution < -0.4 is 19.5 Å². The minimum atomic E-state index is -3.89. The van der Waals surface area contributed by atoms with Crippen molar-refractivity contribution >= 4 is 38.6 Å². The zero-order chi connectivity index (χ0) is 35.9. The van der Waals surface area contributed by atoms with Gasteiger partial charge in [0.2, 0.25) is 15.9 Å². The zero-order valence-electron chi connectivity index (χ0n) is 27.9. The highest BCUT2D eigenvalue weighted by Gasteiger charge is 2.62. The van der Waals surface area contributed by atoms with Gasteiger partial charge >= 0.3 is 0 Å². The number of fused-ring (bicyclic) bond motifs is 1. The molecule has 2 aliphatic carbocycles. The van der Waals surface area contributed by atoms with Crippen molar-refractivity contribution in [2.75, 3.05) is 13.7 Å². The molecule has 3 aliphatic rings. The molecular formula is C38H38N4O8S. The van der Waals surface area contributed by atoms with Crippen LogP contribution in [0.25, 0.3) is 22.2 Å². The van der Waals surface area contributed by atoms with E-state index in [0.29, 0.717) is 46.5 Å². The quantitative estimate of drug-likeness (QED) is 0.186. The first kappa shape index (κ1) is 34.2. The molecule has 51 heavy (non-hydrogen) atoms. The van der Waals surface area contributed by atoms with Crippen LogP contribution in [0.4, 0.5) is 0 Å². The van der Waals surface area contributed by atoms with Gasteiger partial charge in [-0.3, -0.25) is 19.1 Å². The smallest absolute Gasteiger partial charge is 0.259 e. The molecule has 3 fully saturated rings. The molecule has 3 aromatic carbocycles. The molecule has 5 atom stereocenters. The first-order valence-electron chi connectivity index (χ1n) is 16.8. The molecule has 0 spiro atoms. The number of ether oxygens (including phenoxy) is 2. The van der Waals surface area contributed by atoms with Crippen LogP contribution in [0.15, 0.2) is 97.6 Å². The number of nitrogens with zero attached hydrogens (tertiary/aromatic N) is 2. The second kappa shape index (κ2) is 13.5. The zero-order valence-corrected chi connectivity index (χ0v) is 28.7. The second-order valence-electron chi connectivity index (χ2n) is 13.2. The molecule has 7 rings (SSSR count). The molecule has 2 saturated carbocycles. The Hall–Kier alpha value is -5.27. The molecule has 4 aromatic rings. The summed E-state index contributed by atoms with van der Waals surface area (Å²) in [7, 11) is -2.32. The van der Waals surface area contributed by atoms with Gasteiger partial charge in [0, 0.05) is 35.4 Å². The van der Waals surface area contributed by atoms with Gasteiger partial charge in [-0.15, -0.1) is 6.58 Å². The number of aliphatic hydroxyl groups excluding tert-OH is 1. The van der Waals surface area contributed by atoms with Crippen LogP contribution in [0.3, 0.4) is 0 Å². The molecule has 1 saturated heterocycles. The van der Waals surface area contributed by atoms with Crippen molar-refractivity contribution in [1.82, 2.24) is 19.9 Å². The van der Waals surface area contributed by atoms with E-state index in [0.717, 1.165) is 5.56 Å². The minimum absolute atomic E-state index is 0.0244. The number of hydrogen-bond acceptors (Lipinski definition) is 9. The van der Waals surface area contributed by atoms with E-state index in [1.165, 1.54) is 11.0 Å². The highest BCUT2D eigenvalue weighted by Crippen LogP contribution is 2.45. The number of benzene rings is 3. The Bertz CT molecular complexity index is 2110. The van der Waals surface area contributed by atoms with Crippen LogP contribution in [-0.2, 0) is 24.4 Å². The average molecular weight is 711 g/mol. The van der Waals surface area contributed by atoms with E-state index in [1.807, 2.05) is 36.4 Å². The fourth-order valence-corrected chi connectivity index (χ4v) is 8.03. The SMILES string of the molecule is C=C[C@@H]1C[C@]1(NC(=O)[C@@H]1C[C@@H](Oc2cc(-c3ccccc3)nc3cc(OC)ccc23)CN1C(=O)[C@@H](O)c1ccccc1)C(=O)NS(=O)(=O)C1CC1. The summed E-state index contributed by atoms with van der Waals surface area (Å²) >= 11 is 0. The fraction of sp³-hybridized carbons (Fsp3) is 0.316. The van der Waals surface area contributed by atoms with E-state index in [2.05, 4.69) is 16.6 Å². The van der Waals surface area contributed by atoms with Gasteiger partial charge in [-0.2, -0.15) is 0 Å². The summed E-state index contributed by atoms with van der Waals surface area (Å²) in [6, 6.07) is 24.0. The van der Waals surface area contributed by atoms with E-state index in [-0.39, 0.29) is 19.4 Å². The van der Waals surface area contributed by atoms with Crippen LogP contribution in [0.5, 0.6) is 11.5 Å². The number of aromatic nitrogens is 1. The number of carbonyl (C=O) groups is 3. The second-order valence-corrected chi connectivity index (χ2v) is 15.2. The number of nitrogens with one attached hydrogen (secondary N) is 2. The summed E-state index contributed by atoms with van der Waals surface area (Å²) in [6.07, 6.45) is 0.321. The molecular weight excluding hydrogens is 673 g/mol. The van der Waals surface area contributed by atoms with Crippen LogP contribution in [0.2, 0.25) is 0 Å². The molecule has 3 N–H and O–H groups in total. The van der Waals surface area contributed by atoms with E-state index >= 15 is 0 Å². The van der Waals surface area contributed by atoms with E-state index in [9.17, 15) is 27.9 Å². The summed E-state index contributed by atoms with van der Waals surface area (Å²) < 4.78 is 39.5. The van der Waals surface area contributed by atoms with Crippen molar-refractivity contribution in [2.45, 2.75) is 54.7 Å². The van der Waals surface area contributed by atoms with Crippen molar-refractivity contribution in [2.24, 2.45) is 5.92 Å². The van der Waals surface area contributed by atoms with E-state index < -0.39 is 62.7 Å². The number of aliphatic hydroxyl groups is 1. The lowest BCUT2D eigenvalue weighted by atomic mass is 10.1. The van der Waals surface area contributed by atoms with Gasteiger partial charge in [-0.05, 0) is 37.0 Å². The molecule has 12 nitrogen and oxygen atoms in total. The van der Waals surface area contributed by atoms with Crippen molar-refractivity contribution in [3.8, 4) is 22.8 Å². The molecule has 0 bridgehead atoms. The standard InChI is InChI=1S/C38H38N4O8S/c1-3-25-21-38(25,37(46)41-51(47,48)28-15-16-28)40-35(44)32-19-27(22-42(32)36(45)34(43)24-12-8-5-9-13-24)50-33-20-30(23-10-6-4-7-11-23)39-31-18-26(49-2)14-17-29(31)33/h3-14,17-18,20,25,27-28,32,34,43H,1,15-16,19,21-22H2,2H3,(H,40,44)(H,41,46)/t25-,27-,32+,34+,38-/m1/s1. The summed E-state index contributed by atoms with van der Waals surface area (Å²) in [5.74, 6) is -1.66. The third-order valence-electron chi connectivity index (χ3n) is 9.79. The maximum atomic E-state index is 14.1. The highest BCUT2D eigenvalue weighted by molar-refractivity contribution is 7.91. The summed E-state index contributed by atoms with van der Waals surface area (Å²) in [6.45, 7) is 3.71. The Morgan fingerprint density at radius 2 is 1.75 bits per heavy atom. The van der Waals surface area contributed by atoms with Crippen LogP contribution >= 0.6 is 0 Å². The predicted octanol–water partition coefficient (Wildman–Crippen LogP) is 3.66. The molecule has 264 valence electrons. The number of carbonyl (C=O) groups excluding carboxylic acids is 3. The topological polar surface area (TPSA) is 164 Å². The molecule has 3 amide bonds. The number of hydrogen-bond donors (Lipinski definition) is 3. The minimum Gasteiger partial charge on any atom is -0.497 e. The number of rotatable bonds is 12. The summed E-state index contributed by atoms with van der Waals surface area (Å²) in [5, 5.41) is 14.0. The van der Waals surface area contributed by atoms with Gasteiger partial charge in [0.25, 0.3) is 11.8 Å². The van der Waals surface area contributed by atoms with Crippen LogP contribution in [-0.4, -0.2) is 77.7 Å². The number of sulfonamides is 1. The lowest BCUT2D eigenvalue weighted by molar-refractivity contribution is -0.146.